The zero-order chi connectivity index (χ0) is 10.5. The summed E-state index contributed by atoms with van der Waals surface area (Å²) in [5.41, 5.74) is 0.393. The average Bonchev–Trinajstić information content (AvgIpc) is 1.95. The van der Waals surface area contributed by atoms with E-state index in [-0.39, 0.29) is 5.78 Å². The van der Waals surface area contributed by atoms with Crippen molar-refractivity contribution in [3.05, 3.63) is 0 Å². The lowest BCUT2D eigenvalue weighted by Crippen LogP contribution is -2.25. The normalized spacial score (nSPS) is 12.2. The highest BCUT2D eigenvalue weighted by atomic mass is 16.1. The molecule has 0 saturated carbocycles. The van der Waals surface area contributed by atoms with Gasteiger partial charge in [0.15, 0.2) is 0 Å². The van der Waals surface area contributed by atoms with Crippen molar-refractivity contribution in [2.24, 2.45) is 5.41 Å². The molecule has 0 fully saturated rings. The van der Waals surface area contributed by atoms with E-state index < -0.39 is 0 Å². The zero-order valence-corrected chi connectivity index (χ0v) is 9.68. The summed E-state index contributed by atoms with van der Waals surface area (Å²) < 4.78 is 0. The maximum absolute atomic E-state index is 10.7. The topological polar surface area (TPSA) is 20.3 Å². The first-order chi connectivity index (χ1) is 5.81. The summed E-state index contributed by atoms with van der Waals surface area (Å²) >= 11 is 0. The number of rotatable bonds is 5. The van der Waals surface area contributed by atoms with Crippen LogP contribution in [0.4, 0.5) is 0 Å². The molecule has 0 N–H and O–H groups in total. The molecule has 13 heavy (non-hydrogen) atoms. The summed E-state index contributed by atoms with van der Waals surface area (Å²) in [6.45, 7) is 10.4. The van der Waals surface area contributed by atoms with Gasteiger partial charge in [-0.05, 0) is 32.4 Å². The van der Waals surface area contributed by atoms with E-state index in [9.17, 15) is 4.79 Å². The van der Waals surface area contributed by atoms with Crippen molar-refractivity contribution in [3.63, 3.8) is 0 Å². The fourth-order valence-electron chi connectivity index (χ4n) is 0.986. The highest BCUT2D eigenvalue weighted by molar-refractivity contribution is 5.75. The lowest BCUT2D eigenvalue weighted by molar-refractivity contribution is -0.117. The Morgan fingerprint density at radius 1 is 1.23 bits per heavy atom. The van der Waals surface area contributed by atoms with Crippen molar-refractivity contribution in [2.75, 3.05) is 20.1 Å². The predicted molar refractivity (Wildman–Crippen MR) is 56.9 cm³/mol. The van der Waals surface area contributed by atoms with Crippen LogP contribution in [-0.4, -0.2) is 30.8 Å². The highest BCUT2D eigenvalue weighted by Gasteiger charge is 2.11. The summed E-state index contributed by atoms with van der Waals surface area (Å²) in [4.78, 5) is 13.0. The van der Waals surface area contributed by atoms with Gasteiger partial charge in [0.05, 0.1) is 0 Å². The summed E-state index contributed by atoms with van der Waals surface area (Å²) in [5, 5.41) is 0. The Labute approximate surface area is 82.3 Å². The summed E-state index contributed by atoms with van der Waals surface area (Å²) in [5.74, 6) is 0.280. The second kappa shape index (κ2) is 5.38. The van der Waals surface area contributed by atoms with Gasteiger partial charge >= 0.3 is 0 Å². The molecule has 0 atom stereocenters. The minimum absolute atomic E-state index is 0.280. The fraction of sp³-hybridized carbons (Fsp3) is 0.909. The molecule has 0 aromatic carbocycles. The molecule has 0 amide bonds. The summed E-state index contributed by atoms with van der Waals surface area (Å²) in [6.07, 6.45) is 1.86. The Hall–Kier alpha value is -0.370. The quantitative estimate of drug-likeness (QED) is 0.655. The molecule has 0 aliphatic heterocycles. The molecule has 0 aliphatic carbocycles. The van der Waals surface area contributed by atoms with E-state index >= 15 is 0 Å². The predicted octanol–water partition coefficient (Wildman–Crippen LogP) is 2.33. The molecular weight excluding hydrogens is 162 g/mol. The molecule has 0 heterocycles. The van der Waals surface area contributed by atoms with Crippen molar-refractivity contribution < 1.29 is 4.79 Å². The van der Waals surface area contributed by atoms with E-state index in [4.69, 9.17) is 0 Å². The smallest absolute Gasteiger partial charge is 0.131 e. The Kier molecular flexibility index (Phi) is 5.23. The van der Waals surface area contributed by atoms with Crippen molar-refractivity contribution in [1.82, 2.24) is 4.90 Å². The van der Waals surface area contributed by atoms with E-state index in [1.54, 1.807) is 6.92 Å². The van der Waals surface area contributed by atoms with Gasteiger partial charge in [0.1, 0.15) is 5.78 Å². The number of carbonyl (C=O) groups excluding carboxylic acids is 1. The van der Waals surface area contributed by atoms with Gasteiger partial charge in [-0.2, -0.15) is 0 Å². The molecule has 0 aliphatic rings. The van der Waals surface area contributed by atoms with Crippen LogP contribution in [0.25, 0.3) is 0 Å². The third kappa shape index (κ3) is 9.54. The number of nitrogens with zero attached hydrogens (tertiary/aromatic N) is 1. The van der Waals surface area contributed by atoms with Crippen LogP contribution in [0.5, 0.6) is 0 Å². The molecule has 0 aromatic rings. The van der Waals surface area contributed by atoms with Crippen LogP contribution >= 0.6 is 0 Å². The molecule has 2 heteroatoms. The molecule has 0 bridgehead atoms. The Bertz CT molecular complexity index is 158. The second-order valence-corrected chi connectivity index (χ2v) is 5.07. The third-order valence-electron chi connectivity index (χ3n) is 2.09. The molecular formula is C11H23NO. The molecule has 0 radical (unpaired) electrons. The van der Waals surface area contributed by atoms with E-state index in [0.717, 1.165) is 13.1 Å². The lowest BCUT2D eigenvalue weighted by Gasteiger charge is -2.23. The Morgan fingerprint density at radius 3 is 2.15 bits per heavy atom. The van der Waals surface area contributed by atoms with E-state index in [1.807, 2.05) is 0 Å². The third-order valence-corrected chi connectivity index (χ3v) is 2.09. The van der Waals surface area contributed by atoms with E-state index in [2.05, 4.69) is 32.7 Å². The molecule has 0 unspecified atom stereocenters. The number of Topliss-reactive ketones (excluding diaryl/α,β-unsaturated/α-hetero) is 1. The zero-order valence-electron chi connectivity index (χ0n) is 9.68. The van der Waals surface area contributed by atoms with Crippen LogP contribution in [-0.2, 0) is 4.79 Å². The monoisotopic (exact) mass is 185 g/mol. The molecule has 0 spiro atoms. The second-order valence-electron chi connectivity index (χ2n) is 5.07. The summed E-state index contributed by atoms with van der Waals surface area (Å²) in [7, 11) is 2.08. The van der Waals surface area contributed by atoms with Gasteiger partial charge in [0.25, 0.3) is 0 Å². The van der Waals surface area contributed by atoms with E-state index in [0.29, 0.717) is 11.8 Å². The van der Waals surface area contributed by atoms with Crippen molar-refractivity contribution >= 4 is 5.78 Å². The van der Waals surface area contributed by atoms with Gasteiger partial charge in [-0.3, -0.25) is 4.79 Å². The van der Waals surface area contributed by atoms with Crippen LogP contribution in [0.3, 0.4) is 0 Å². The number of hydrogen-bond donors (Lipinski definition) is 0. The molecule has 2 nitrogen and oxygen atoms in total. The van der Waals surface area contributed by atoms with Crippen molar-refractivity contribution in [3.8, 4) is 0 Å². The number of ketones is 1. The first-order valence-electron chi connectivity index (χ1n) is 4.99. The Balaban J connectivity index is 3.52. The lowest BCUT2D eigenvalue weighted by atomic mass is 9.92. The van der Waals surface area contributed by atoms with Gasteiger partial charge < -0.3 is 4.90 Å². The van der Waals surface area contributed by atoms with E-state index in [1.165, 1.54) is 6.42 Å². The van der Waals surface area contributed by atoms with Crippen LogP contribution in [0.2, 0.25) is 0 Å². The van der Waals surface area contributed by atoms with Crippen molar-refractivity contribution in [1.29, 1.82) is 0 Å². The minimum Gasteiger partial charge on any atom is -0.306 e. The molecule has 0 saturated heterocycles. The van der Waals surface area contributed by atoms with Crippen LogP contribution in [0, 0.1) is 5.41 Å². The van der Waals surface area contributed by atoms with Crippen molar-refractivity contribution in [2.45, 2.75) is 40.5 Å². The standard InChI is InChI=1S/C11H23NO/c1-10(13)6-8-12(5)9-7-11(2,3)4/h6-9H2,1-5H3. The molecule has 0 rings (SSSR count). The van der Waals surface area contributed by atoms with Gasteiger partial charge in [-0.25, -0.2) is 0 Å². The molecule has 78 valence electrons. The van der Waals surface area contributed by atoms with Gasteiger partial charge in [-0.15, -0.1) is 0 Å². The maximum Gasteiger partial charge on any atom is 0.131 e. The van der Waals surface area contributed by atoms with Gasteiger partial charge in [0.2, 0.25) is 0 Å². The van der Waals surface area contributed by atoms with Gasteiger partial charge in [0, 0.05) is 13.0 Å². The first-order valence-corrected chi connectivity index (χ1v) is 4.99. The molecule has 0 aromatic heterocycles. The minimum atomic E-state index is 0.280. The largest absolute Gasteiger partial charge is 0.306 e. The first kappa shape index (κ1) is 12.6. The fourth-order valence-corrected chi connectivity index (χ4v) is 0.986. The maximum atomic E-state index is 10.7. The average molecular weight is 185 g/mol. The van der Waals surface area contributed by atoms with Crippen LogP contribution < -0.4 is 0 Å². The van der Waals surface area contributed by atoms with Crippen LogP contribution in [0.15, 0.2) is 0 Å². The SMILES string of the molecule is CC(=O)CCN(C)CCC(C)(C)C. The number of carbonyl (C=O) groups is 1. The van der Waals surface area contributed by atoms with Gasteiger partial charge in [-0.1, -0.05) is 20.8 Å². The summed E-state index contributed by atoms with van der Waals surface area (Å²) in [6, 6.07) is 0. The van der Waals surface area contributed by atoms with Crippen LogP contribution in [0.1, 0.15) is 40.5 Å². The Morgan fingerprint density at radius 2 is 1.77 bits per heavy atom. The highest BCUT2D eigenvalue weighted by Crippen LogP contribution is 2.18. The number of hydrogen-bond acceptors (Lipinski definition) is 2.